The van der Waals surface area contributed by atoms with E-state index in [2.05, 4.69) is 0 Å². The van der Waals surface area contributed by atoms with Crippen LogP contribution in [0.15, 0.2) is 23.8 Å². The van der Waals surface area contributed by atoms with Gasteiger partial charge in [-0.2, -0.15) is 16.8 Å². The molecule has 0 amide bonds. The lowest BCUT2D eigenvalue weighted by Crippen LogP contribution is -2.74. The van der Waals surface area contributed by atoms with E-state index in [1.165, 1.54) is 19.9 Å². The fourth-order valence-electron chi connectivity index (χ4n) is 7.88. The Bertz CT molecular complexity index is 1320. The SMILES string of the molecule is CC(=O)[C@@]1(O)C(C)C[C@H]2[C@@H]3C(OS(C)(=O)=O)C(OS(C)(=O)=O)C4=CC(=O)C=C[C@]4(C)[C@@]3(F)C(O)C[C@@]21C. The molecule has 4 aliphatic rings. The topological polar surface area (TPSA) is 161 Å². The quantitative estimate of drug-likeness (QED) is 0.458. The first-order chi connectivity index (χ1) is 16.6. The minimum Gasteiger partial charge on any atom is -0.390 e. The highest BCUT2D eigenvalue weighted by atomic mass is 32.2. The van der Waals surface area contributed by atoms with E-state index < -0.39 is 90.0 Å². The smallest absolute Gasteiger partial charge is 0.265 e. The lowest BCUT2D eigenvalue weighted by molar-refractivity contribution is -0.245. The molecule has 208 valence electrons. The molecule has 0 heterocycles. The maximum Gasteiger partial charge on any atom is 0.265 e. The van der Waals surface area contributed by atoms with Gasteiger partial charge in [0.15, 0.2) is 17.2 Å². The molecule has 2 N–H and O–H groups in total. The third-order valence-electron chi connectivity index (χ3n) is 9.36. The molecule has 0 aliphatic heterocycles. The van der Waals surface area contributed by atoms with Crippen molar-refractivity contribution in [2.75, 3.05) is 12.5 Å². The van der Waals surface area contributed by atoms with Gasteiger partial charge in [-0.1, -0.05) is 19.9 Å². The van der Waals surface area contributed by atoms with Gasteiger partial charge in [0.25, 0.3) is 20.2 Å². The lowest BCUT2D eigenvalue weighted by Gasteiger charge is -2.65. The number of allylic oxidation sites excluding steroid dienone is 3. The van der Waals surface area contributed by atoms with Crippen molar-refractivity contribution in [2.45, 2.75) is 70.1 Å². The molecule has 37 heavy (non-hydrogen) atoms. The van der Waals surface area contributed by atoms with E-state index in [9.17, 15) is 36.6 Å². The third-order valence-corrected chi connectivity index (χ3v) is 10.5. The Balaban J connectivity index is 2.06. The number of alkyl halides is 1. The first kappa shape index (κ1) is 28.5. The van der Waals surface area contributed by atoms with Crippen molar-refractivity contribution in [2.24, 2.45) is 28.6 Å². The third kappa shape index (κ3) is 3.83. The molecule has 4 aliphatic carbocycles. The van der Waals surface area contributed by atoms with E-state index in [0.717, 1.165) is 18.4 Å². The van der Waals surface area contributed by atoms with E-state index >= 15 is 4.39 Å². The fourth-order valence-corrected chi connectivity index (χ4v) is 9.09. The molecule has 4 rings (SSSR count). The van der Waals surface area contributed by atoms with Crippen LogP contribution in [0.3, 0.4) is 0 Å². The predicted octanol–water partition coefficient (Wildman–Crippen LogP) is 0.833. The molecule has 10 nitrogen and oxygen atoms in total. The monoisotopic (exact) mass is 564 g/mol. The maximum atomic E-state index is 17.8. The maximum absolute atomic E-state index is 17.8. The molecule has 0 aromatic rings. The van der Waals surface area contributed by atoms with Gasteiger partial charge in [-0.15, -0.1) is 0 Å². The Kier molecular flexibility index (Phi) is 6.35. The van der Waals surface area contributed by atoms with Crippen LogP contribution in [0.1, 0.15) is 40.5 Å². The van der Waals surface area contributed by atoms with Gasteiger partial charge in [-0.05, 0) is 56.3 Å². The molecule has 0 bridgehead atoms. The van der Waals surface area contributed by atoms with Crippen molar-refractivity contribution in [1.29, 1.82) is 0 Å². The normalized spacial score (nSPS) is 47.6. The van der Waals surface area contributed by atoms with Gasteiger partial charge in [0.2, 0.25) is 0 Å². The van der Waals surface area contributed by atoms with Crippen LogP contribution in [0.25, 0.3) is 0 Å². The van der Waals surface area contributed by atoms with E-state index in [1.54, 1.807) is 13.8 Å². The van der Waals surface area contributed by atoms with Crippen LogP contribution in [-0.2, 0) is 38.2 Å². The zero-order valence-corrected chi connectivity index (χ0v) is 23.1. The van der Waals surface area contributed by atoms with Crippen molar-refractivity contribution in [3.63, 3.8) is 0 Å². The van der Waals surface area contributed by atoms with E-state index in [0.29, 0.717) is 6.26 Å². The van der Waals surface area contributed by atoms with Gasteiger partial charge >= 0.3 is 0 Å². The van der Waals surface area contributed by atoms with Crippen molar-refractivity contribution in [3.8, 4) is 0 Å². The Morgan fingerprint density at radius 2 is 1.70 bits per heavy atom. The number of hydrogen-bond acceptors (Lipinski definition) is 10. The number of rotatable bonds is 5. The number of hydrogen-bond donors (Lipinski definition) is 2. The molecule has 0 radical (unpaired) electrons. The van der Waals surface area contributed by atoms with Crippen LogP contribution in [-0.4, -0.2) is 80.7 Å². The first-order valence-corrected chi connectivity index (χ1v) is 15.6. The molecule has 0 saturated heterocycles. The number of halogens is 1. The summed E-state index contributed by atoms with van der Waals surface area (Å²) in [7, 11) is -8.67. The van der Waals surface area contributed by atoms with Crippen molar-refractivity contribution >= 4 is 31.8 Å². The number of fused-ring (bicyclic) bond motifs is 5. The second-order valence-electron chi connectivity index (χ2n) is 11.5. The molecule has 3 saturated carbocycles. The molecule has 0 aromatic heterocycles. The Morgan fingerprint density at radius 1 is 1.14 bits per heavy atom. The summed E-state index contributed by atoms with van der Waals surface area (Å²) in [5, 5.41) is 23.1. The highest BCUT2D eigenvalue weighted by Gasteiger charge is 2.79. The summed E-state index contributed by atoms with van der Waals surface area (Å²) < 4.78 is 78.0. The van der Waals surface area contributed by atoms with E-state index in [-0.39, 0.29) is 18.4 Å². The first-order valence-electron chi connectivity index (χ1n) is 12.0. The highest BCUT2D eigenvalue weighted by molar-refractivity contribution is 7.86. The van der Waals surface area contributed by atoms with E-state index in [1.807, 2.05) is 0 Å². The Morgan fingerprint density at radius 3 is 2.22 bits per heavy atom. The van der Waals surface area contributed by atoms with Gasteiger partial charge < -0.3 is 10.2 Å². The lowest BCUT2D eigenvalue weighted by atomic mass is 9.43. The van der Waals surface area contributed by atoms with Gasteiger partial charge in [0.1, 0.15) is 17.8 Å². The number of aliphatic hydroxyl groups is 2. The summed E-state index contributed by atoms with van der Waals surface area (Å²) in [5.74, 6) is -4.38. The molecule has 4 unspecified atom stereocenters. The number of aliphatic hydroxyl groups excluding tert-OH is 1. The summed E-state index contributed by atoms with van der Waals surface area (Å²) in [6.45, 7) is 5.74. The molecule has 3 fully saturated rings. The summed E-state index contributed by atoms with van der Waals surface area (Å²) >= 11 is 0. The van der Waals surface area contributed by atoms with Gasteiger partial charge in [0.05, 0.1) is 18.6 Å². The predicted molar refractivity (Wildman–Crippen MR) is 129 cm³/mol. The zero-order chi connectivity index (χ0) is 28.1. The van der Waals surface area contributed by atoms with Gasteiger partial charge in [0, 0.05) is 16.7 Å². The number of carbonyl (C=O) groups is 2. The summed E-state index contributed by atoms with van der Waals surface area (Å²) in [6.07, 6.45) is -0.979. The van der Waals surface area contributed by atoms with Crippen molar-refractivity contribution < 1.29 is 49.4 Å². The van der Waals surface area contributed by atoms with Crippen molar-refractivity contribution in [3.05, 3.63) is 23.8 Å². The number of ketones is 2. The summed E-state index contributed by atoms with van der Waals surface area (Å²) in [5.41, 5.74) is -8.07. The van der Waals surface area contributed by atoms with Crippen molar-refractivity contribution in [1.82, 2.24) is 0 Å². The molecule has 0 aromatic carbocycles. The van der Waals surface area contributed by atoms with Gasteiger partial charge in [-0.3, -0.25) is 18.0 Å². The number of Topliss-reactive ketones (excluding diaryl/α,β-unsaturated/α-hetero) is 1. The minimum atomic E-state index is -4.37. The van der Waals surface area contributed by atoms with Crippen LogP contribution in [0.2, 0.25) is 0 Å². The van der Waals surface area contributed by atoms with Crippen LogP contribution >= 0.6 is 0 Å². The zero-order valence-electron chi connectivity index (χ0n) is 21.5. The average molecular weight is 565 g/mol. The Labute approximate surface area is 216 Å². The van der Waals surface area contributed by atoms with Crippen LogP contribution in [0, 0.1) is 28.6 Å². The largest absolute Gasteiger partial charge is 0.390 e. The summed E-state index contributed by atoms with van der Waals surface area (Å²) in [4.78, 5) is 25.1. The Hall–Kier alpha value is -1.51. The molecular formula is C24H33FO10S2. The highest BCUT2D eigenvalue weighted by Crippen LogP contribution is 2.71. The average Bonchev–Trinajstić information content (AvgIpc) is 2.92. The molecule has 10 atom stereocenters. The molecule has 13 heteroatoms. The van der Waals surface area contributed by atoms with E-state index in [4.69, 9.17) is 8.37 Å². The fraction of sp³-hybridized carbons (Fsp3) is 0.750. The second-order valence-corrected chi connectivity index (χ2v) is 14.7. The molecule has 0 spiro atoms. The van der Waals surface area contributed by atoms with Crippen LogP contribution < -0.4 is 0 Å². The molecular weight excluding hydrogens is 531 g/mol. The van der Waals surface area contributed by atoms with Crippen LogP contribution in [0.5, 0.6) is 0 Å². The minimum absolute atomic E-state index is 0.0582. The standard InChI is InChI=1S/C24H33FO10S2/c1-12-9-15-18-20(35-37(6,32)33)19(34-36(5,30)31)16-10-14(27)7-8-21(16,3)23(18,25)17(28)11-22(15,4)24(12,29)13(2)26/h7-8,10,12,15,17-20,28-29H,9,11H2,1-6H3/t12?,15-,17?,18+,19?,20?,21-,22-,23+,24-/m0/s1. The number of carbonyl (C=O) groups excluding carboxylic acids is 2. The van der Waals surface area contributed by atoms with Gasteiger partial charge in [-0.25, -0.2) is 4.39 Å². The summed E-state index contributed by atoms with van der Waals surface area (Å²) in [6, 6.07) is 0. The second kappa shape index (κ2) is 8.25. The van der Waals surface area contributed by atoms with Crippen LogP contribution in [0.4, 0.5) is 4.39 Å².